The number of halogens is 4. The lowest BCUT2D eigenvalue weighted by atomic mass is 10.2. The van der Waals surface area contributed by atoms with E-state index in [0.717, 1.165) is 6.07 Å². The molecule has 2 fully saturated rings. The Morgan fingerprint density at radius 3 is 2.70 bits per heavy atom. The smallest absolute Gasteiger partial charge is 0.256 e. The Hall–Kier alpha value is -3.48. The predicted octanol–water partition coefficient (Wildman–Crippen LogP) is 2.85. The summed E-state index contributed by atoms with van der Waals surface area (Å²) in [4.78, 5) is 18.0. The van der Waals surface area contributed by atoms with Gasteiger partial charge in [-0.15, -0.1) is 0 Å². The summed E-state index contributed by atoms with van der Waals surface area (Å²) in [7, 11) is 0. The molecular weight excluding hydrogens is 444 g/mol. The van der Waals surface area contributed by atoms with E-state index in [1.54, 1.807) is 0 Å². The van der Waals surface area contributed by atoms with E-state index in [0.29, 0.717) is 54.8 Å². The molecule has 4 aromatic rings. The summed E-state index contributed by atoms with van der Waals surface area (Å²) >= 11 is 0. The van der Waals surface area contributed by atoms with Crippen LogP contribution in [0, 0.1) is 11.6 Å². The van der Waals surface area contributed by atoms with Crippen LogP contribution in [-0.4, -0.2) is 61.8 Å². The molecule has 172 valence electrons. The maximum atomic E-state index is 14.0. The van der Waals surface area contributed by atoms with E-state index in [4.69, 9.17) is 4.74 Å². The lowest BCUT2D eigenvalue weighted by Gasteiger charge is -2.27. The van der Waals surface area contributed by atoms with Crippen molar-refractivity contribution in [3.05, 3.63) is 41.4 Å². The molecule has 1 aliphatic heterocycles. The van der Waals surface area contributed by atoms with Gasteiger partial charge >= 0.3 is 0 Å². The molecule has 1 saturated carbocycles. The Bertz CT molecular complexity index is 1360. The quantitative estimate of drug-likeness (QED) is 0.441. The third-order valence-electron chi connectivity index (χ3n) is 5.89. The molecule has 0 amide bonds. The summed E-state index contributed by atoms with van der Waals surface area (Å²) in [6.07, 6.45) is 1.15. The number of H-pyrrole nitrogens is 1. The molecule has 9 nitrogen and oxygen atoms in total. The van der Waals surface area contributed by atoms with Gasteiger partial charge in [-0.25, -0.2) is 22.5 Å². The first-order chi connectivity index (χ1) is 15.9. The van der Waals surface area contributed by atoms with Gasteiger partial charge in [0.25, 0.3) is 5.92 Å². The standard InChI is InChI=1S/C20H18F4N8O/c21-12-1-2-13-16(15(12)22)28-14(27-13)9-25-18-30-19(31-3-5-33-6-4-31)29-17-10(8-26-32(17)18)11-7-20(11,23)24/h1-2,8,11H,3-7,9H2,(H,27,28)(H,25,29,30)/t11-/m0/s1. The van der Waals surface area contributed by atoms with Crippen LogP contribution >= 0.6 is 0 Å². The lowest BCUT2D eigenvalue weighted by Crippen LogP contribution is -2.37. The number of anilines is 2. The Kier molecular flexibility index (Phi) is 4.44. The number of morpholine rings is 1. The molecule has 1 saturated heterocycles. The number of ether oxygens (including phenoxy) is 1. The van der Waals surface area contributed by atoms with Gasteiger partial charge in [-0.05, 0) is 12.1 Å². The van der Waals surface area contributed by atoms with Gasteiger partial charge in [-0.2, -0.15) is 19.6 Å². The van der Waals surface area contributed by atoms with Crippen LogP contribution in [0.2, 0.25) is 0 Å². The third-order valence-corrected chi connectivity index (χ3v) is 5.89. The molecule has 2 N–H and O–H groups in total. The van der Waals surface area contributed by atoms with E-state index in [9.17, 15) is 17.6 Å². The van der Waals surface area contributed by atoms with Gasteiger partial charge < -0.3 is 19.9 Å². The molecule has 6 rings (SSSR count). The highest BCUT2D eigenvalue weighted by Gasteiger charge is 2.59. The number of aromatic nitrogens is 6. The number of rotatable bonds is 5. The van der Waals surface area contributed by atoms with Crippen LogP contribution in [-0.2, 0) is 11.3 Å². The molecule has 13 heteroatoms. The van der Waals surface area contributed by atoms with Crippen LogP contribution in [0.4, 0.5) is 29.5 Å². The van der Waals surface area contributed by atoms with Crippen molar-refractivity contribution in [2.24, 2.45) is 0 Å². The van der Waals surface area contributed by atoms with Gasteiger partial charge in [0.15, 0.2) is 17.3 Å². The van der Waals surface area contributed by atoms with Crippen molar-refractivity contribution < 1.29 is 22.3 Å². The van der Waals surface area contributed by atoms with Crippen LogP contribution in [0.3, 0.4) is 0 Å². The van der Waals surface area contributed by atoms with Crippen molar-refractivity contribution in [1.29, 1.82) is 0 Å². The summed E-state index contributed by atoms with van der Waals surface area (Å²) in [6.45, 7) is 2.22. The Labute approximate surface area is 183 Å². The number of hydrogen-bond donors (Lipinski definition) is 2. The zero-order chi connectivity index (χ0) is 22.7. The van der Waals surface area contributed by atoms with E-state index in [-0.39, 0.29) is 24.4 Å². The van der Waals surface area contributed by atoms with Crippen molar-refractivity contribution in [1.82, 2.24) is 29.5 Å². The number of nitrogens with one attached hydrogen (secondary N) is 2. The molecule has 0 spiro atoms. The minimum atomic E-state index is -2.77. The molecule has 1 aliphatic carbocycles. The zero-order valence-electron chi connectivity index (χ0n) is 17.2. The van der Waals surface area contributed by atoms with Gasteiger partial charge in [-0.3, -0.25) is 0 Å². The number of benzene rings is 1. The van der Waals surface area contributed by atoms with Crippen molar-refractivity contribution >= 4 is 28.6 Å². The first-order valence-electron chi connectivity index (χ1n) is 10.4. The molecule has 1 aromatic carbocycles. The molecule has 0 bridgehead atoms. The Balaban J connectivity index is 1.36. The minimum absolute atomic E-state index is 0.0825. The molecule has 0 unspecified atom stereocenters. The molecule has 3 aromatic heterocycles. The fourth-order valence-corrected chi connectivity index (χ4v) is 4.01. The Morgan fingerprint density at radius 1 is 1.15 bits per heavy atom. The first kappa shape index (κ1) is 20.1. The minimum Gasteiger partial charge on any atom is -0.378 e. The van der Waals surface area contributed by atoms with Crippen LogP contribution in [0.25, 0.3) is 16.7 Å². The maximum absolute atomic E-state index is 14.0. The number of hydrogen-bond acceptors (Lipinski definition) is 7. The second-order valence-electron chi connectivity index (χ2n) is 8.09. The number of imidazole rings is 1. The molecular formula is C20H18F4N8O. The van der Waals surface area contributed by atoms with Crippen molar-refractivity contribution in [2.75, 3.05) is 36.5 Å². The average Bonchev–Trinajstić information content (AvgIpc) is 3.16. The predicted molar refractivity (Wildman–Crippen MR) is 109 cm³/mol. The number of alkyl halides is 2. The van der Waals surface area contributed by atoms with Crippen LogP contribution in [0.15, 0.2) is 18.3 Å². The average molecular weight is 462 g/mol. The summed E-state index contributed by atoms with van der Waals surface area (Å²) in [6, 6.07) is 2.42. The van der Waals surface area contributed by atoms with Gasteiger partial charge in [0.05, 0.1) is 37.4 Å². The highest BCUT2D eigenvalue weighted by Crippen LogP contribution is 2.56. The summed E-state index contributed by atoms with van der Waals surface area (Å²) < 4.78 is 61.8. The second-order valence-corrected chi connectivity index (χ2v) is 8.09. The van der Waals surface area contributed by atoms with Gasteiger partial charge in [0.1, 0.15) is 11.3 Å². The SMILES string of the molecule is Fc1ccc2[nH]c(CNc3nc(N4CCOCC4)nc4c([C@@H]5CC5(F)F)cnn34)nc2c1F. The molecule has 1 atom stereocenters. The largest absolute Gasteiger partial charge is 0.378 e. The number of aromatic amines is 1. The first-order valence-corrected chi connectivity index (χ1v) is 10.4. The summed E-state index contributed by atoms with van der Waals surface area (Å²) in [5, 5.41) is 7.29. The highest BCUT2D eigenvalue weighted by atomic mass is 19.3. The molecule has 33 heavy (non-hydrogen) atoms. The number of nitrogens with zero attached hydrogens (tertiary/aromatic N) is 6. The van der Waals surface area contributed by atoms with Crippen LogP contribution < -0.4 is 10.2 Å². The topological polar surface area (TPSA) is 96.3 Å². The van der Waals surface area contributed by atoms with Gasteiger partial charge in [0, 0.05) is 25.1 Å². The zero-order valence-corrected chi connectivity index (χ0v) is 17.2. The highest BCUT2D eigenvalue weighted by molar-refractivity contribution is 5.75. The third kappa shape index (κ3) is 3.43. The van der Waals surface area contributed by atoms with E-state index in [2.05, 4.69) is 30.4 Å². The van der Waals surface area contributed by atoms with Gasteiger partial charge in [-0.1, -0.05) is 0 Å². The number of fused-ring (bicyclic) bond motifs is 2. The van der Waals surface area contributed by atoms with Gasteiger partial charge in [0.2, 0.25) is 11.9 Å². The van der Waals surface area contributed by atoms with Crippen molar-refractivity contribution in [3.63, 3.8) is 0 Å². The second kappa shape index (κ2) is 7.27. The van der Waals surface area contributed by atoms with E-state index >= 15 is 0 Å². The Morgan fingerprint density at radius 2 is 1.94 bits per heavy atom. The van der Waals surface area contributed by atoms with Crippen molar-refractivity contribution in [3.8, 4) is 0 Å². The molecule has 0 radical (unpaired) electrons. The fraction of sp³-hybridized carbons (Fsp3) is 0.400. The van der Waals surface area contributed by atoms with E-state index < -0.39 is 23.5 Å². The van der Waals surface area contributed by atoms with Crippen LogP contribution in [0.1, 0.15) is 23.7 Å². The summed E-state index contributed by atoms with van der Waals surface area (Å²) in [5.74, 6) is -4.73. The van der Waals surface area contributed by atoms with E-state index in [1.165, 1.54) is 16.8 Å². The van der Waals surface area contributed by atoms with Crippen molar-refractivity contribution in [2.45, 2.75) is 24.8 Å². The molecule has 2 aliphatic rings. The molecule has 4 heterocycles. The van der Waals surface area contributed by atoms with Crippen LogP contribution in [0.5, 0.6) is 0 Å². The fourth-order valence-electron chi connectivity index (χ4n) is 4.01. The van der Waals surface area contributed by atoms with E-state index in [1.807, 2.05) is 4.90 Å². The normalized spacial score (nSPS) is 20.0. The summed E-state index contributed by atoms with van der Waals surface area (Å²) in [5.41, 5.74) is 0.908. The monoisotopic (exact) mass is 462 g/mol. The maximum Gasteiger partial charge on any atom is 0.256 e. The lowest BCUT2D eigenvalue weighted by molar-refractivity contribution is 0.112.